The largest absolute Gasteiger partial charge is 0.514 e. The van der Waals surface area contributed by atoms with Gasteiger partial charge in [0, 0.05) is 6.07 Å². The molecule has 0 aliphatic heterocycles. The van der Waals surface area contributed by atoms with Crippen molar-refractivity contribution in [2.24, 2.45) is 5.92 Å². The van der Waals surface area contributed by atoms with Gasteiger partial charge in [-0.05, 0) is 50.2 Å². The Bertz CT molecular complexity index is 517. The van der Waals surface area contributed by atoms with Crippen molar-refractivity contribution in [2.45, 2.75) is 37.7 Å². The molecule has 0 radical (unpaired) electrons. The first-order valence-corrected chi connectivity index (χ1v) is 6.88. The number of hydrogen-bond donors (Lipinski definition) is 1. The molecule has 5 heteroatoms. The van der Waals surface area contributed by atoms with Crippen LogP contribution in [0, 0.1) is 5.92 Å². The molecule has 0 saturated heterocycles. The van der Waals surface area contributed by atoms with Crippen molar-refractivity contribution in [3.8, 4) is 17.2 Å². The van der Waals surface area contributed by atoms with E-state index >= 15 is 0 Å². The van der Waals surface area contributed by atoms with Gasteiger partial charge in [-0.2, -0.15) is 0 Å². The Kier molecular flexibility index (Phi) is 3.20. The summed E-state index contributed by atoms with van der Waals surface area (Å²) in [5.41, 5.74) is -0.309. The molecule has 2 bridgehead atoms. The molecule has 0 aromatic heterocycles. The Morgan fingerprint density at radius 1 is 1.35 bits per heavy atom. The van der Waals surface area contributed by atoms with Crippen LogP contribution in [-0.4, -0.2) is 24.0 Å². The molecular weight excluding hydrogens is 260 g/mol. The SMILES string of the molecule is COc1ccc(OC(=O)OC23CCC(CC2)C3)cc1O. The van der Waals surface area contributed by atoms with Crippen molar-refractivity contribution < 1.29 is 24.1 Å². The molecule has 108 valence electrons. The Labute approximate surface area is 117 Å². The van der Waals surface area contributed by atoms with Crippen LogP contribution >= 0.6 is 0 Å². The molecule has 0 atom stereocenters. The van der Waals surface area contributed by atoms with E-state index in [0.29, 0.717) is 11.7 Å². The summed E-state index contributed by atoms with van der Waals surface area (Å²) in [5, 5.41) is 9.63. The van der Waals surface area contributed by atoms with Crippen LogP contribution in [0.3, 0.4) is 0 Å². The van der Waals surface area contributed by atoms with E-state index in [4.69, 9.17) is 14.2 Å². The Balaban J connectivity index is 1.63. The zero-order valence-corrected chi connectivity index (χ0v) is 11.4. The first-order valence-electron chi connectivity index (χ1n) is 6.88. The summed E-state index contributed by atoms with van der Waals surface area (Å²) in [7, 11) is 1.46. The number of carbonyl (C=O) groups is 1. The maximum Gasteiger partial charge on any atom is 0.514 e. The van der Waals surface area contributed by atoms with E-state index < -0.39 is 6.16 Å². The molecule has 3 rings (SSSR count). The van der Waals surface area contributed by atoms with Crippen LogP contribution in [0.1, 0.15) is 32.1 Å². The van der Waals surface area contributed by atoms with E-state index in [9.17, 15) is 9.90 Å². The van der Waals surface area contributed by atoms with E-state index in [-0.39, 0.29) is 17.1 Å². The number of rotatable bonds is 3. The van der Waals surface area contributed by atoms with Crippen molar-refractivity contribution >= 4 is 6.16 Å². The van der Waals surface area contributed by atoms with E-state index in [1.165, 1.54) is 19.2 Å². The van der Waals surface area contributed by atoms with Gasteiger partial charge in [-0.3, -0.25) is 0 Å². The third-order valence-corrected chi connectivity index (χ3v) is 4.33. The quantitative estimate of drug-likeness (QED) is 0.679. The molecule has 0 unspecified atom stereocenters. The van der Waals surface area contributed by atoms with Gasteiger partial charge in [0.2, 0.25) is 0 Å². The molecule has 20 heavy (non-hydrogen) atoms. The maximum atomic E-state index is 11.9. The standard InChI is InChI=1S/C15H18O5/c1-18-13-3-2-11(8-12(13)16)19-14(17)20-15-6-4-10(9-15)5-7-15/h2-3,8,10,16H,4-7,9H2,1H3. The van der Waals surface area contributed by atoms with Crippen molar-refractivity contribution in [1.82, 2.24) is 0 Å². The first-order chi connectivity index (χ1) is 9.60. The zero-order chi connectivity index (χ0) is 14.2. The third kappa shape index (κ3) is 2.40. The summed E-state index contributed by atoms with van der Waals surface area (Å²) < 4.78 is 15.6. The van der Waals surface area contributed by atoms with Crippen LogP contribution in [0.5, 0.6) is 17.2 Å². The number of aromatic hydroxyl groups is 1. The molecule has 0 spiro atoms. The fraction of sp³-hybridized carbons (Fsp3) is 0.533. The minimum absolute atomic E-state index is 0.0715. The number of phenolic OH excluding ortho intramolecular Hbond substituents is 1. The van der Waals surface area contributed by atoms with E-state index in [0.717, 1.165) is 32.1 Å². The highest BCUT2D eigenvalue weighted by atomic mass is 16.7. The monoisotopic (exact) mass is 278 g/mol. The predicted octanol–water partition coefficient (Wildman–Crippen LogP) is 3.25. The zero-order valence-electron chi connectivity index (χ0n) is 11.4. The van der Waals surface area contributed by atoms with Gasteiger partial charge in [-0.15, -0.1) is 0 Å². The summed E-state index contributed by atoms with van der Waals surface area (Å²) >= 11 is 0. The van der Waals surface area contributed by atoms with Gasteiger partial charge in [0.15, 0.2) is 11.5 Å². The molecule has 2 aliphatic carbocycles. The van der Waals surface area contributed by atoms with Gasteiger partial charge in [0.1, 0.15) is 11.4 Å². The van der Waals surface area contributed by atoms with E-state index in [2.05, 4.69) is 0 Å². The normalized spacial score (nSPS) is 27.4. The number of carbonyl (C=O) groups excluding carboxylic acids is 1. The van der Waals surface area contributed by atoms with Gasteiger partial charge in [0.05, 0.1) is 7.11 Å². The van der Waals surface area contributed by atoms with Gasteiger partial charge in [-0.1, -0.05) is 0 Å². The smallest absolute Gasteiger partial charge is 0.504 e. The highest BCUT2D eigenvalue weighted by Gasteiger charge is 2.48. The minimum atomic E-state index is -0.697. The number of fused-ring (bicyclic) bond motifs is 2. The Morgan fingerprint density at radius 2 is 2.10 bits per heavy atom. The molecular formula is C15H18O5. The lowest BCUT2D eigenvalue weighted by atomic mass is 9.97. The molecule has 2 aliphatic rings. The summed E-state index contributed by atoms with van der Waals surface area (Å²) in [5.74, 6) is 1.21. The highest BCUT2D eigenvalue weighted by molar-refractivity contribution is 5.65. The molecule has 2 fully saturated rings. The second kappa shape index (κ2) is 4.89. The molecule has 0 heterocycles. The fourth-order valence-corrected chi connectivity index (χ4v) is 3.31. The van der Waals surface area contributed by atoms with Crippen LogP contribution in [0.2, 0.25) is 0 Å². The molecule has 0 amide bonds. The summed E-state index contributed by atoms with van der Waals surface area (Å²) in [4.78, 5) is 11.9. The van der Waals surface area contributed by atoms with Crippen LogP contribution in [0.15, 0.2) is 18.2 Å². The van der Waals surface area contributed by atoms with Crippen molar-refractivity contribution in [3.05, 3.63) is 18.2 Å². The second-order valence-corrected chi connectivity index (χ2v) is 5.62. The number of benzene rings is 1. The number of methoxy groups -OCH3 is 1. The lowest BCUT2D eigenvalue weighted by Crippen LogP contribution is -2.31. The fourth-order valence-electron chi connectivity index (χ4n) is 3.31. The van der Waals surface area contributed by atoms with Gasteiger partial charge >= 0.3 is 6.16 Å². The molecule has 2 saturated carbocycles. The van der Waals surface area contributed by atoms with Crippen molar-refractivity contribution in [2.75, 3.05) is 7.11 Å². The maximum absolute atomic E-state index is 11.9. The first kappa shape index (κ1) is 13.1. The van der Waals surface area contributed by atoms with Crippen LogP contribution in [0.25, 0.3) is 0 Å². The van der Waals surface area contributed by atoms with Crippen LogP contribution in [-0.2, 0) is 4.74 Å². The minimum Gasteiger partial charge on any atom is -0.504 e. The predicted molar refractivity (Wildman–Crippen MR) is 71.1 cm³/mol. The van der Waals surface area contributed by atoms with Crippen LogP contribution < -0.4 is 9.47 Å². The average molecular weight is 278 g/mol. The van der Waals surface area contributed by atoms with E-state index in [1.807, 2.05) is 0 Å². The molecule has 5 nitrogen and oxygen atoms in total. The third-order valence-electron chi connectivity index (χ3n) is 4.33. The Morgan fingerprint density at radius 3 is 2.65 bits per heavy atom. The average Bonchev–Trinajstić information content (AvgIpc) is 2.98. The Hall–Kier alpha value is -1.91. The van der Waals surface area contributed by atoms with Gasteiger partial charge in [-0.25, -0.2) is 4.79 Å². The number of phenols is 1. The lowest BCUT2D eigenvalue weighted by molar-refractivity contribution is -0.00735. The molecule has 1 aromatic carbocycles. The van der Waals surface area contributed by atoms with Crippen molar-refractivity contribution in [3.63, 3.8) is 0 Å². The van der Waals surface area contributed by atoms with Crippen molar-refractivity contribution in [1.29, 1.82) is 0 Å². The summed E-state index contributed by atoms with van der Waals surface area (Å²) in [6.07, 6.45) is 4.39. The number of hydrogen-bond acceptors (Lipinski definition) is 5. The lowest BCUT2D eigenvalue weighted by Gasteiger charge is -2.25. The van der Waals surface area contributed by atoms with Gasteiger partial charge in [0.25, 0.3) is 0 Å². The topological polar surface area (TPSA) is 65.0 Å². The number of ether oxygens (including phenoxy) is 3. The van der Waals surface area contributed by atoms with E-state index in [1.54, 1.807) is 6.07 Å². The molecule has 1 N–H and O–H groups in total. The summed E-state index contributed by atoms with van der Waals surface area (Å²) in [6, 6.07) is 4.44. The van der Waals surface area contributed by atoms with Gasteiger partial charge < -0.3 is 19.3 Å². The highest BCUT2D eigenvalue weighted by Crippen LogP contribution is 2.50. The molecule has 1 aromatic rings. The summed E-state index contributed by atoms with van der Waals surface area (Å²) in [6.45, 7) is 0. The van der Waals surface area contributed by atoms with Crippen LogP contribution in [0.4, 0.5) is 4.79 Å². The second-order valence-electron chi connectivity index (χ2n) is 5.62.